The van der Waals surface area contributed by atoms with Crippen LogP contribution in [0.25, 0.3) is 0 Å². The molecule has 0 aromatic heterocycles. The maximum absolute atomic E-state index is 12.6. The van der Waals surface area contributed by atoms with E-state index in [0.717, 1.165) is 24.8 Å². The van der Waals surface area contributed by atoms with Crippen LogP contribution < -0.4 is 0 Å². The normalized spacial score (nSPS) is 28.8. The largest absolute Gasteiger partial charge is 0.410 e. The predicted molar refractivity (Wildman–Crippen MR) is 100 cm³/mol. The van der Waals surface area contributed by atoms with Crippen LogP contribution in [-0.4, -0.2) is 20.2 Å². The van der Waals surface area contributed by atoms with Gasteiger partial charge in [0.05, 0.1) is 6.10 Å². The molecular formula is C20H32O2Si. The molecule has 2 aliphatic carbocycles. The predicted octanol–water partition coefficient (Wildman–Crippen LogP) is 5.58. The number of hydrogen-bond donors (Lipinski definition) is 0. The smallest absolute Gasteiger partial charge is 0.192 e. The van der Waals surface area contributed by atoms with Crippen molar-refractivity contribution in [3.63, 3.8) is 0 Å². The van der Waals surface area contributed by atoms with Crippen molar-refractivity contribution >= 4 is 14.1 Å². The molecule has 23 heavy (non-hydrogen) atoms. The van der Waals surface area contributed by atoms with E-state index in [-0.39, 0.29) is 22.3 Å². The number of ketones is 1. The van der Waals surface area contributed by atoms with E-state index in [0.29, 0.717) is 0 Å². The number of carbonyl (C=O) groups excluding carboxylic acids is 1. The molecular weight excluding hydrogens is 300 g/mol. The van der Waals surface area contributed by atoms with Gasteiger partial charge in [0.1, 0.15) is 0 Å². The van der Waals surface area contributed by atoms with Crippen LogP contribution in [0.4, 0.5) is 0 Å². The van der Waals surface area contributed by atoms with Crippen LogP contribution in [0.2, 0.25) is 18.1 Å². The van der Waals surface area contributed by atoms with Crippen molar-refractivity contribution in [3.8, 4) is 0 Å². The summed E-state index contributed by atoms with van der Waals surface area (Å²) in [5.41, 5.74) is 2.25. The van der Waals surface area contributed by atoms with Gasteiger partial charge in [-0.05, 0) is 50.4 Å². The molecule has 2 atom stereocenters. The Morgan fingerprint density at radius 2 is 2.04 bits per heavy atom. The second kappa shape index (κ2) is 6.17. The summed E-state index contributed by atoms with van der Waals surface area (Å²) in [6, 6.07) is 0. The van der Waals surface area contributed by atoms with E-state index < -0.39 is 8.32 Å². The van der Waals surface area contributed by atoms with E-state index in [9.17, 15) is 4.79 Å². The Morgan fingerprint density at radius 1 is 1.39 bits per heavy atom. The topological polar surface area (TPSA) is 26.3 Å². The minimum Gasteiger partial charge on any atom is -0.410 e. The van der Waals surface area contributed by atoms with Crippen LogP contribution >= 0.6 is 0 Å². The summed E-state index contributed by atoms with van der Waals surface area (Å²) in [5, 5.41) is 0.165. The third-order valence-electron chi connectivity index (χ3n) is 5.88. The molecule has 0 saturated heterocycles. The molecule has 0 heterocycles. The Hall–Kier alpha value is -0.933. The van der Waals surface area contributed by atoms with Gasteiger partial charge in [0.2, 0.25) is 0 Å². The van der Waals surface area contributed by atoms with E-state index in [1.54, 1.807) is 6.08 Å². The second-order valence-electron chi connectivity index (χ2n) is 8.69. The maximum Gasteiger partial charge on any atom is 0.192 e. The van der Waals surface area contributed by atoms with Crippen molar-refractivity contribution in [1.82, 2.24) is 0 Å². The van der Waals surface area contributed by atoms with Gasteiger partial charge in [-0.3, -0.25) is 4.79 Å². The van der Waals surface area contributed by atoms with Crippen molar-refractivity contribution < 1.29 is 9.22 Å². The van der Waals surface area contributed by atoms with Crippen molar-refractivity contribution in [2.45, 2.75) is 78.1 Å². The molecule has 0 aromatic carbocycles. The zero-order chi connectivity index (χ0) is 17.5. The fourth-order valence-electron chi connectivity index (χ4n) is 3.30. The molecule has 0 fully saturated rings. The summed E-state index contributed by atoms with van der Waals surface area (Å²) in [7, 11) is -1.87. The quantitative estimate of drug-likeness (QED) is 0.496. The van der Waals surface area contributed by atoms with Gasteiger partial charge in [-0.2, -0.15) is 0 Å². The first-order valence-corrected chi connectivity index (χ1v) is 11.7. The molecule has 128 valence electrons. The summed E-state index contributed by atoms with van der Waals surface area (Å²) >= 11 is 0. The highest BCUT2D eigenvalue weighted by atomic mass is 28.4. The van der Waals surface area contributed by atoms with E-state index >= 15 is 0 Å². The average Bonchev–Trinajstić information content (AvgIpc) is 2.85. The van der Waals surface area contributed by atoms with Crippen LogP contribution in [0.5, 0.6) is 0 Å². The Morgan fingerprint density at radius 3 is 2.61 bits per heavy atom. The number of rotatable bonds is 4. The first-order chi connectivity index (χ1) is 10.5. The van der Waals surface area contributed by atoms with Crippen molar-refractivity contribution in [1.29, 1.82) is 0 Å². The molecule has 3 heteroatoms. The molecule has 0 bridgehead atoms. The van der Waals surface area contributed by atoms with Gasteiger partial charge < -0.3 is 4.43 Å². The van der Waals surface area contributed by atoms with Gasteiger partial charge >= 0.3 is 0 Å². The lowest BCUT2D eigenvalue weighted by Gasteiger charge is -2.39. The van der Waals surface area contributed by atoms with Crippen LogP contribution in [0.15, 0.2) is 35.5 Å². The van der Waals surface area contributed by atoms with Gasteiger partial charge in [0.25, 0.3) is 0 Å². The zero-order valence-corrected chi connectivity index (χ0v) is 16.8. The summed E-state index contributed by atoms with van der Waals surface area (Å²) < 4.78 is 6.61. The third-order valence-corrected chi connectivity index (χ3v) is 10.4. The summed E-state index contributed by atoms with van der Waals surface area (Å²) in [5.74, 6) is 0.166. The Balaban J connectivity index is 2.32. The van der Waals surface area contributed by atoms with Crippen molar-refractivity contribution in [2.24, 2.45) is 5.41 Å². The minimum atomic E-state index is -1.87. The zero-order valence-electron chi connectivity index (χ0n) is 15.8. The second-order valence-corrected chi connectivity index (χ2v) is 13.4. The Bertz CT molecular complexity index is 575. The fourth-order valence-corrected chi connectivity index (χ4v) is 4.60. The van der Waals surface area contributed by atoms with E-state index in [1.165, 1.54) is 5.57 Å². The van der Waals surface area contributed by atoms with Crippen molar-refractivity contribution in [2.75, 3.05) is 0 Å². The summed E-state index contributed by atoms with van der Waals surface area (Å²) in [6.45, 7) is 15.6. The molecule has 0 amide bonds. The van der Waals surface area contributed by atoms with Crippen LogP contribution in [0.1, 0.15) is 53.9 Å². The number of hydrogen-bond acceptors (Lipinski definition) is 2. The first-order valence-electron chi connectivity index (χ1n) is 8.78. The van der Waals surface area contributed by atoms with Gasteiger partial charge in [-0.1, -0.05) is 51.5 Å². The minimum absolute atomic E-state index is 0.00623. The lowest BCUT2D eigenvalue weighted by molar-refractivity contribution is -0.112. The standard InChI is InChI=1S/C20H32O2Si/c1-8-9-13-20(5)14-12-16(21)18-15(20)10-11-17(18)22-23(6,7)19(2,3)4/h8-9,12,14,17H,10-11,13H2,1-7H3/b9-8+/t17-,20-/m1/s1. The summed E-state index contributed by atoms with van der Waals surface area (Å²) in [4.78, 5) is 12.6. The molecule has 0 saturated carbocycles. The highest BCUT2D eigenvalue weighted by molar-refractivity contribution is 6.74. The van der Waals surface area contributed by atoms with Crippen LogP contribution in [0.3, 0.4) is 0 Å². The SMILES string of the molecule is C/C=C/C[C@]1(C)C=CC(=O)C2=C1CC[C@H]2O[Si](C)(C)C(C)(C)C. The fraction of sp³-hybridized carbons (Fsp3) is 0.650. The lowest BCUT2D eigenvalue weighted by atomic mass is 9.73. The molecule has 0 unspecified atom stereocenters. The Kier molecular flexibility index (Phi) is 4.94. The van der Waals surface area contributed by atoms with Crippen LogP contribution in [-0.2, 0) is 9.22 Å². The molecule has 0 N–H and O–H groups in total. The average molecular weight is 333 g/mol. The van der Waals surface area contributed by atoms with Gasteiger partial charge in [-0.15, -0.1) is 0 Å². The lowest BCUT2D eigenvalue weighted by Crippen LogP contribution is -2.44. The molecule has 2 nitrogen and oxygen atoms in total. The first kappa shape index (κ1) is 18.4. The van der Waals surface area contributed by atoms with Gasteiger partial charge in [0, 0.05) is 11.0 Å². The van der Waals surface area contributed by atoms with Crippen LogP contribution in [0, 0.1) is 5.41 Å². The Labute approximate surface area is 142 Å². The van der Waals surface area contributed by atoms with E-state index in [2.05, 4.69) is 59.0 Å². The monoisotopic (exact) mass is 332 g/mol. The van der Waals surface area contributed by atoms with E-state index in [1.807, 2.05) is 6.92 Å². The number of carbonyl (C=O) groups is 1. The summed E-state index contributed by atoms with van der Waals surface area (Å²) in [6.07, 6.45) is 11.1. The molecule has 0 aromatic rings. The van der Waals surface area contributed by atoms with E-state index in [4.69, 9.17) is 4.43 Å². The molecule has 2 rings (SSSR count). The highest BCUT2D eigenvalue weighted by Gasteiger charge is 2.45. The highest BCUT2D eigenvalue weighted by Crippen LogP contribution is 2.48. The molecule has 0 aliphatic heterocycles. The molecule has 0 radical (unpaired) electrons. The molecule has 2 aliphatic rings. The van der Waals surface area contributed by atoms with Gasteiger partial charge in [-0.25, -0.2) is 0 Å². The third kappa shape index (κ3) is 3.46. The maximum atomic E-state index is 12.6. The molecule has 0 spiro atoms. The number of allylic oxidation sites excluding steroid dienone is 5. The van der Waals surface area contributed by atoms with Gasteiger partial charge in [0.15, 0.2) is 14.1 Å². The van der Waals surface area contributed by atoms with Crippen molar-refractivity contribution in [3.05, 3.63) is 35.5 Å².